The van der Waals surface area contributed by atoms with Gasteiger partial charge < -0.3 is 15.0 Å². The van der Waals surface area contributed by atoms with Gasteiger partial charge in [-0.2, -0.15) is 0 Å². The highest BCUT2D eigenvalue weighted by molar-refractivity contribution is 5.74. The van der Waals surface area contributed by atoms with Gasteiger partial charge in [0.25, 0.3) is 0 Å². The third-order valence-electron chi connectivity index (χ3n) is 6.02. The van der Waals surface area contributed by atoms with Crippen LogP contribution in [0.1, 0.15) is 22.7 Å². The van der Waals surface area contributed by atoms with Crippen LogP contribution >= 0.6 is 0 Å². The monoisotopic (exact) mass is 429 g/mol. The van der Waals surface area contributed by atoms with Crippen LogP contribution in [0.25, 0.3) is 0 Å². The molecule has 1 fully saturated rings. The normalized spacial score (nSPS) is 14.4. The van der Waals surface area contributed by atoms with E-state index in [0.717, 1.165) is 43.9 Å². The second kappa shape index (κ2) is 10.8. The molecule has 32 heavy (non-hydrogen) atoms. The first-order valence-electron chi connectivity index (χ1n) is 11.2. The van der Waals surface area contributed by atoms with Crippen LogP contribution in [0.5, 0.6) is 5.75 Å². The number of ether oxygens (including phenoxy) is 1. The van der Waals surface area contributed by atoms with E-state index in [0.29, 0.717) is 6.54 Å². The number of methoxy groups -OCH3 is 1. The molecule has 1 saturated heterocycles. The number of nitrogens with zero attached hydrogens (tertiary/aromatic N) is 2. The van der Waals surface area contributed by atoms with Gasteiger partial charge in [0.15, 0.2) is 0 Å². The van der Waals surface area contributed by atoms with Gasteiger partial charge in [0.1, 0.15) is 5.75 Å². The topological polar surface area (TPSA) is 44.8 Å². The van der Waals surface area contributed by atoms with Gasteiger partial charge in [0, 0.05) is 32.7 Å². The summed E-state index contributed by atoms with van der Waals surface area (Å²) in [4.78, 5) is 17.1. The second-order valence-electron chi connectivity index (χ2n) is 8.08. The molecule has 1 heterocycles. The molecule has 1 aliphatic heterocycles. The zero-order chi connectivity index (χ0) is 22.2. The fraction of sp³-hybridized carbons (Fsp3) is 0.296. The minimum Gasteiger partial charge on any atom is -0.497 e. The van der Waals surface area contributed by atoms with Gasteiger partial charge in [-0.25, -0.2) is 4.79 Å². The average molecular weight is 430 g/mol. The number of hydrogen-bond acceptors (Lipinski definition) is 3. The summed E-state index contributed by atoms with van der Waals surface area (Å²) in [6.45, 7) is 3.75. The molecule has 1 aliphatic rings. The fourth-order valence-corrected chi connectivity index (χ4v) is 4.32. The molecule has 0 bridgehead atoms. The Morgan fingerprint density at radius 1 is 0.875 bits per heavy atom. The fourth-order valence-electron chi connectivity index (χ4n) is 4.32. The SMILES string of the molecule is COc1cccc(CCNC(=O)N2CCN(C(c3ccccc3)c3ccccc3)CC2)c1. The molecule has 0 aliphatic carbocycles. The van der Waals surface area contributed by atoms with Crippen molar-refractivity contribution in [3.63, 3.8) is 0 Å². The predicted octanol–water partition coefficient (Wildman–Crippen LogP) is 4.35. The van der Waals surface area contributed by atoms with E-state index >= 15 is 0 Å². The minimum atomic E-state index is 0.0171. The predicted molar refractivity (Wildman–Crippen MR) is 128 cm³/mol. The number of benzene rings is 3. The highest BCUT2D eigenvalue weighted by Crippen LogP contribution is 2.29. The van der Waals surface area contributed by atoms with Gasteiger partial charge in [-0.1, -0.05) is 72.8 Å². The van der Waals surface area contributed by atoms with Crippen molar-refractivity contribution in [1.82, 2.24) is 15.1 Å². The highest BCUT2D eigenvalue weighted by Gasteiger charge is 2.27. The lowest BCUT2D eigenvalue weighted by atomic mass is 9.96. The van der Waals surface area contributed by atoms with Crippen molar-refractivity contribution in [2.45, 2.75) is 12.5 Å². The standard InChI is InChI=1S/C27H31N3O2/c1-32-25-14-8-9-22(21-25)15-16-28-27(31)30-19-17-29(18-20-30)26(23-10-4-2-5-11-23)24-12-6-3-7-13-24/h2-14,21,26H,15-20H2,1H3,(H,28,31). The van der Waals surface area contributed by atoms with E-state index < -0.39 is 0 Å². The van der Waals surface area contributed by atoms with E-state index in [9.17, 15) is 4.79 Å². The lowest BCUT2D eigenvalue weighted by molar-refractivity contribution is 0.120. The van der Waals surface area contributed by atoms with E-state index in [1.165, 1.54) is 11.1 Å². The van der Waals surface area contributed by atoms with Gasteiger partial charge in [-0.05, 0) is 35.2 Å². The molecule has 0 spiro atoms. The summed E-state index contributed by atoms with van der Waals surface area (Å²) in [5.74, 6) is 0.844. The maximum absolute atomic E-state index is 12.7. The van der Waals surface area contributed by atoms with E-state index in [4.69, 9.17) is 4.74 Å². The first kappa shape index (κ1) is 21.9. The van der Waals surface area contributed by atoms with Crippen LogP contribution in [0.4, 0.5) is 4.79 Å². The first-order valence-corrected chi connectivity index (χ1v) is 11.2. The van der Waals surface area contributed by atoms with Crippen LogP contribution in [0.15, 0.2) is 84.9 Å². The zero-order valence-corrected chi connectivity index (χ0v) is 18.6. The molecule has 2 amide bonds. The molecule has 166 valence electrons. The molecule has 5 heteroatoms. The molecule has 0 saturated carbocycles. The van der Waals surface area contributed by atoms with E-state index in [-0.39, 0.29) is 12.1 Å². The van der Waals surface area contributed by atoms with Crippen molar-refractivity contribution in [2.24, 2.45) is 0 Å². The molecule has 3 aromatic carbocycles. The van der Waals surface area contributed by atoms with Crippen LogP contribution in [0, 0.1) is 0 Å². The van der Waals surface area contributed by atoms with Gasteiger partial charge in [-0.3, -0.25) is 4.90 Å². The number of rotatable bonds is 7. The Balaban J connectivity index is 1.32. The number of carbonyl (C=O) groups is 1. The summed E-state index contributed by atoms with van der Waals surface area (Å²) < 4.78 is 5.27. The van der Waals surface area contributed by atoms with Crippen LogP contribution in [0.2, 0.25) is 0 Å². The summed E-state index contributed by atoms with van der Waals surface area (Å²) in [5, 5.41) is 3.07. The number of carbonyl (C=O) groups excluding carboxylic acids is 1. The summed E-state index contributed by atoms with van der Waals surface area (Å²) in [5.41, 5.74) is 3.73. The Labute approximate surface area is 190 Å². The Morgan fingerprint density at radius 3 is 2.09 bits per heavy atom. The van der Waals surface area contributed by atoms with Crippen LogP contribution in [-0.4, -0.2) is 55.7 Å². The van der Waals surface area contributed by atoms with Crippen molar-refractivity contribution in [1.29, 1.82) is 0 Å². The third-order valence-corrected chi connectivity index (χ3v) is 6.02. The molecule has 1 N–H and O–H groups in total. The number of nitrogens with one attached hydrogen (secondary N) is 1. The molecule has 5 nitrogen and oxygen atoms in total. The number of amides is 2. The Morgan fingerprint density at radius 2 is 1.50 bits per heavy atom. The van der Waals surface area contributed by atoms with E-state index in [1.54, 1.807) is 7.11 Å². The summed E-state index contributed by atoms with van der Waals surface area (Å²) in [6.07, 6.45) is 0.785. The molecule has 0 atom stereocenters. The average Bonchev–Trinajstić information content (AvgIpc) is 2.86. The van der Waals surface area contributed by atoms with Gasteiger partial charge in [-0.15, -0.1) is 0 Å². The molecular formula is C27H31N3O2. The zero-order valence-electron chi connectivity index (χ0n) is 18.6. The lowest BCUT2D eigenvalue weighted by Crippen LogP contribution is -2.52. The second-order valence-corrected chi connectivity index (χ2v) is 8.08. The van der Waals surface area contributed by atoms with Crippen LogP contribution in [-0.2, 0) is 6.42 Å². The van der Waals surface area contributed by atoms with Crippen molar-refractivity contribution in [3.8, 4) is 5.75 Å². The van der Waals surface area contributed by atoms with Crippen molar-refractivity contribution in [2.75, 3.05) is 39.8 Å². The van der Waals surface area contributed by atoms with Crippen molar-refractivity contribution >= 4 is 6.03 Å². The maximum atomic E-state index is 12.7. The molecule has 0 unspecified atom stereocenters. The number of urea groups is 1. The van der Waals surface area contributed by atoms with Gasteiger partial charge in [0.2, 0.25) is 0 Å². The van der Waals surface area contributed by atoms with Gasteiger partial charge >= 0.3 is 6.03 Å². The minimum absolute atomic E-state index is 0.0171. The maximum Gasteiger partial charge on any atom is 0.317 e. The Bertz CT molecular complexity index is 947. The Hall–Kier alpha value is -3.31. The summed E-state index contributed by atoms with van der Waals surface area (Å²) >= 11 is 0. The van der Waals surface area contributed by atoms with E-state index in [2.05, 4.69) is 76.9 Å². The molecule has 0 aromatic heterocycles. The smallest absolute Gasteiger partial charge is 0.317 e. The Kier molecular flexibility index (Phi) is 7.41. The van der Waals surface area contributed by atoms with E-state index in [1.807, 2.05) is 23.1 Å². The summed E-state index contributed by atoms with van der Waals surface area (Å²) in [7, 11) is 1.67. The quantitative estimate of drug-likeness (QED) is 0.607. The number of piperazine rings is 1. The molecular weight excluding hydrogens is 398 g/mol. The number of hydrogen-bond donors (Lipinski definition) is 1. The largest absolute Gasteiger partial charge is 0.497 e. The summed E-state index contributed by atoms with van der Waals surface area (Å²) in [6, 6.07) is 29.4. The van der Waals surface area contributed by atoms with Gasteiger partial charge in [0.05, 0.1) is 13.2 Å². The lowest BCUT2D eigenvalue weighted by Gasteiger charge is -2.39. The van der Waals surface area contributed by atoms with Crippen LogP contribution < -0.4 is 10.1 Å². The highest BCUT2D eigenvalue weighted by atomic mass is 16.5. The molecule has 4 rings (SSSR count). The molecule has 0 radical (unpaired) electrons. The van der Waals surface area contributed by atoms with Crippen LogP contribution in [0.3, 0.4) is 0 Å². The first-order chi connectivity index (χ1) is 15.7. The van der Waals surface area contributed by atoms with Crippen molar-refractivity contribution in [3.05, 3.63) is 102 Å². The van der Waals surface area contributed by atoms with Crippen molar-refractivity contribution < 1.29 is 9.53 Å². The third kappa shape index (κ3) is 5.48. The molecule has 3 aromatic rings.